The Kier molecular flexibility index (Phi) is 4.35. The zero-order chi connectivity index (χ0) is 14.9. The van der Waals surface area contributed by atoms with Crippen molar-refractivity contribution in [1.29, 1.82) is 0 Å². The Bertz CT molecular complexity index is 630. The van der Waals surface area contributed by atoms with Crippen LogP contribution in [0.3, 0.4) is 0 Å². The number of aromatic nitrogens is 1. The maximum absolute atomic E-state index is 11.2. The van der Waals surface area contributed by atoms with E-state index in [1.807, 2.05) is 13.8 Å². The third kappa shape index (κ3) is 2.97. The van der Waals surface area contributed by atoms with Crippen LogP contribution in [-0.2, 0) is 6.42 Å². The predicted molar refractivity (Wildman–Crippen MR) is 77.5 cm³/mol. The standard InChI is InChI=1S/C14H13Cl2NO3/c1-7(2)6-10-12(14(18)19)20-13(17-10)11-8(15)4-3-5-9(11)16/h3-5,7H,6H2,1-2H3,(H,18,19). The molecule has 6 heteroatoms. The fraction of sp³-hybridized carbons (Fsp3) is 0.286. The first-order valence-electron chi connectivity index (χ1n) is 6.07. The summed E-state index contributed by atoms with van der Waals surface area (Å²) >= 11 is 12.2. The molecule has 0 aliphatic carbocycles. The van der Waals surface area contributed by atoms with E-state index in [0.29, 0.717) is 27.7 Å². The lowest BCUT2D eigenvalue weighted by atomic mass is 10.1. The highest BCUT2D eigenvalue weighted by Crippen LogP contribution is 2.35. The largest absolute Gasteiger partial charge is 0.475 e. The van der Waals surface area contributed by atoms with Gasteiger partial charge in [0.25, 0.3) is 0 Å². The minimum absolute atomic E-state index is 0.133. The first-order valence-corrected chi connectivity index (χ1v) is 6.83. The molecular formula is C14H13Cl2NO3. The zero-order valence-electron chi connectivity index (χ0n) is 11.0. The van der Waals surface area contributed by atoms with Gasteiger partial charge in [0.15, 0.2) is 0 Å². The Morgan fingerprint density at radius 3 is 2.45 bits per heavy atom. The van der Waals surface area contributed by atoms with Gasteiger partial charge in [-0.1, -0.05) is 43.1 Å². The molecule has 0 aliphatic rings. The molecule has 0 atom stereocenters. The molecule has 0 radical (unpaired) electrons. The number of hydrogen-bond acceptors (Lipinski definition) is 3. The molecule has 106 valence electrons. The highest BCUT2D eigenvalue weighted by molar-refractivity contribution is 6.38. The summed E-state index contributed by atoms with van der Waals surface area (Å²) in [6, 6.07) is 5.00. The number of hydrogen-bond donors (Lipinski definition) is 1. The Morgan fingerprint density at radius 1 is 1.35 bits per heavy atom. The van der Waals surface area contributed by atoms with Gasteiger partial charge in [-0.2, -0.15) is 0 Å². The lowest BCUT2D eigenvalue weighted by Gasteiger charge is -2.01. The van der Waals surface area contributed by atoms with Crippen LogP contribution in [-0.4, -0.2) is 16.1 Å². The van der Waals surface area contributed by atoms with Gasteiger partial charge in [0, 0.05) is 0 Å². The molecule has 4 nitrogen and oxygen atoms in total. The quantitative estimate of drug-likeness (QED) is 0.899. The van der Waals surface area contributed by atoms with Crippen LogP contribution in [0.4, 0.5) is 0 Å². The summed E-state index contributed by atoms with van der Waals surface area (Å²) in [4.78, 5) is 15.5. The van der Waals surface area contributed by atoms with Crippen molar-refractivity contribution in [2.45, 2.75) is 20.3 Å². The number of aromatic carboxylic acids is 1. The number of carboxylic acid groups (broad SMARTS) is 1. The van der Waals surface area contributed by atoms with Crippen LogP contribution in [0.2, 0.25) is 10.0 Å². The molecule has 0 unspecified atom stereocenters. The maximum atomic E-state index is 11.2. The van der Waals surface area contributed by atoms with E-state index in [1.54, 1.807) is 18.2 Å². The van der Waals surface area contributed by atoms with Crippen molar-refractivity contribution in [3.63, 3.8) is 0 Å². The van der Waals surface area contributed by atoms with Gasteiger partial charge >= 0.3 is 5.97 Å². The van der Waals surface area contributed by atoms with E-state index >= 15 is 0 Å². The summed E-state index contributed by atoms with van der Waals surface area (Å²) < 4.78 is 5.35. The normalized spacial score (nSPS) is 11.1. The maximum Gasteiger partial charge on any atom is 0.373 e. The number of oxazole rings is 1. The summed E-state index contributed by atoms with van der Waals surface area (Å²) in [7, 11) is 0. The van der Waals surface area contributed by atoms with Crippen LogP contribution in [0.25, 0.3) is 11.5 Å². The molecule has 1 aromatic carbocycles. The SMILES string of the molecule is CC(C)Cc1nc(-c2c(Cl)cccc2Cl)oc1C(=O)O. The molecule has 0 saturated heterocycles. The second-order valence-corrected chi connectivity index (χ2v) is 5.61. The van der Waals surface area contributed by atoms with Crippen LogP contribution in [0.1, 0.15) is 30.1 Å². The van der Waals surface area contributed by atoms with Crippen LogP contribution in [0.5, 0.6) is 0 Å². The molecule has 1 heterocycles. The van der Waals surface area contributed by atoms with Gasteiger partial charge in [-0.3, -0.25) is 0 Å². The minimum atomic E-state index is -1.15. The smallest absolute Gasteiger partial charge is 0.373 e. The summed E-state index contributed by atoms with van der Waals surface area (Å²) in [5.41, 5.74) is 0.812. The monoisotopic (exact) mass is 313 g/mol. The molecule has 1 N–H and O–H groups in total. The third-order valence-electron chi connectivity index (χ3n) is 2.67. The number of carbonyl (C=O) groups is 1. The fourth-order valence-electron chi connectivity index (χ4n) is 1.85. The first-order chi connectivity index (χ1) is 9.40. The minimum Gasteiger partial charge on any atom is -0.475 e. The molecule has 0 spiro atoms. The second kappa shape index (κ2) is 5.85. The lowest BCUT2D eigenvalue weighted by Crippen LogP contribution is -2.03. The first kappa shape index (κ1) is 14.9. The van der Waals surface area contributed by atoms with Gasteiger partial charge in [0.05, 0.1) is 21.3 Å². The van der Waals surface area contributed by atoms with Gasteiger partial charge in [-0.15, -0.1) is 0 Å². The van der Waals surface area contributed by atoms with Gasteiger partial charge < -0.3 is 9.52 Å². The number of nitrogens with zero attached hydrogens (tertiary/aromatic N) is 1. The van der Waals surface area contributed by atoms with Crippen LogP contribution < -0.4 is 0 Å². The summed E-state index contributed by atoms with van der Waals surface area (Å²) in [5.74, 6) is -0.923. The molecule has 2 rings (SSSR count). The summed E-state index contributed by atoms with van der Waals surface area (Å²) in [5, 5.41) is 9.91. The van der Waals surface area contributed by atoms with Crippen molar-refractivity contribution < 1.29 is 14.3 Å². The van der Waals surface area contributed by atoms with E-state index in [1.165, 1.54) is 0 Å². The van der Waals surface area contributed by atoms with E-state index in [9.17, 15) is 9.90 Å². The van der Waals surface area contributed by atoms with Gasteiger partial charge in [-0.25, -0.2) is 9.78 Å². The molecule has 0 fully saturated rings. The Morgan fingerprint density at radius 2 is 1.95 bits per heavy atom. The van der Waals surface area contributed by atoms with E-state index in [-0.39, 0.29) is 17.6 Å². The van der Waals surface area contributed by atoms with Crippen molar-refractivity contribution in [1.82, 2.24) is 4.98 Å². The van der Waals surface area contributed by atoms with Gasteiger partial charge in [0.1, 0.15) is 0 Å². The highest BCUT2D eigenvalue weighted by Gasteiger charge is 2.23. The number of rotatable bonds is 4. The highest BCUT2D eigenvalue weighted by atomic mass is 35.5. The Labute approximate surface area is 126 Å². The second-order valence-electron chi connectivity index (χ2n) is 4.79. The van der Waals surface area contributed by atoms with E-state index in [2.05, 4.69) is 4.98 Å². The Balaban J connectivity index is 2.56. The average molecular weight is 314 g/mol. The number of carboxylic acids is 1. The zero-order valence-corrected chi connectivity index (χ0v) is 12.5. The van der Waals surface area contributed by atoms with Gasteiger partial charge in [-0.05, 0) is 24.5 Å². The van der Waals surface area contributed by atoms with Crippen LogP contribution in [0, 0.1) is 5.92 Å². The summed E-state index contributed by atoms with van der Waals surface area (Å²) in [6.45, 7) is 3.95. The molecule has 0 bridgehead atoms. The average Bonchev–Trinajstić information content (AvgIpc) is 2.71. The lowest BCUT2D eigenvalue weighted by molar-refractivity contribution is 0.0661. The number of benzene rings is 1. The molecular weight excluding hydrogens is 301 g/mol. The van der Waals surface area contributed by atoms with Crippen molar-refractivity contribution in [2.75, 3.05) is 0 Å². The topological polar surface area (TPSA) is 63.3 Å². The molecule has 2 aromatic rings. The van der Waals surface area contributed by atoms with E-state index in [0.717, 1.165) is 0 Å². The summed E-state index contributed by atoms with van der Waals surface area (Å²) in [6.07, 6.45) is 0.507. The predicted octanol–water partition coefficient (Wildman–Crippen LogP) is 4.55. The van der Waals surface area contributed by atoms with Crippen LogP contribution in [0.15, 0.2) is 22.6 Å². The molecule has 0 amide bonds. The van der Waals surface area contributed by atoms with Gasteiger partial charge in [0.2, 0.25) is 11.7 Å². The third-order valence-corrected chi connectivity index (χ3v) is 3.30. The molecule has 0 saturated carbocycles. The van der Waals surface area contributed by atoms with Crippen molar-refractivity contribution >= 4 is 29.2 Å². The molecule has 20 heavy (non-hydrogen) atoms. The van der Waals surface area contributed by atoms with E-state index in [4.69, 9.17) is 27.6 Å². The molecule has 1 aromatic heterocycles. The van der Waals surface area contributed by atoms with Crippen molar-refractivity contribution in [3.8, 4) is 11.5 Å². The molecule has 0 aliphatic heterocycles. The van der Waals surface area contributed by atoms with Crippen molar-refractivity contribution in [2.24, 2.45) is 5.92 Å². The van der Waals surface area contributed by atoms with Crippen molar-refractivity contribution in [3.05, 3.63) is 39.7 Å². The van der Waals surface area contributed by atoms with Crippen LogP contribution >= 0.6 is 23.2 Å². The fourth-order valence-corrected chi connectivity index (χ4v) is 2.41. The Hall–Kier alpha value is -1.52. The van der Waals surface area contributed by atoms with E-state index < -0.39 is 5.97 Å². The number of halogens is 2.